The van der Waals surface area contributed by atoms with Gasteiger partial charge in [0.2, 0.25) is 11.6 Å². The molecule has 2 rings (SSSR count). The summed E-state index contributed by atoms with van der Waals surface area (Å²) in [7, 11) is 0. The van der Waals surface area contributed by atoms with Crippen LogP contribution in [0.25, 0.3) is 0 Å². The Labute approximate surface area is 106 Å². The SMILES string of the molecule is CC(C)(C)CC1C(=O)C(=O)c2ccccc2C1=O. The van der Waals surface area contributed by atoms with Crippen LogP contribution in [-0.4, -0.2) is 17.3 Å². The van der Waals surface area contributed by atoms with Crippen LogP contribution in [0, 0.1) is 11.3 Å². The molecule has 3 nitrogen and oxygen atoms in total. The highest BCUT2D eigenvalue weighted by Gasteiger charge is 2.41. The average Bonchev–Trinajstić information content (AvgIpc) is 2.31. The number of hydrogen-bond donors (Lipinski definition) is 0. The third-order valence-electron chi connectivity index (χ3n) is 3.11. The van der Waals surface area contributed by atoms with Gasteiger partial charge in [0.15, 0.2) is 5.78 Å². The van der Waals surface area contributed by atoms with Gasteiger partial charge in [0.1, 0.15) is 0 Å². The molecule has 1 atom stereocenters. The number of carbonyl (C=O) groups excluding carboxylic acids is 3. The van der Waals surface area contributed by atoms with Gasteiger partial charge in [-0.15, -0.1) is 0 Å². The Kier molecular flexibility index (Phi) is 2.93. The molecule has 0 N–H and O–H groups in total. The predicted octanol–water partition coefficient (Wildman–Crippen LogP) is 2.69. The van der Waals surface area contributed by atoms with Gasteiger partial charge in [0.25, 0.3) is 0 Å². The van der Waals surface area contributed by atoms with E-state index in [9.17, 15) is 14.4 Å². The summed E-state index contributed by atoms with van der Waals surface area (Å²) < 4.78 is 0. The second-order valence-electron chi connectivity index (χ2n) is 5.92. The molecule has 0 fully saturated rings. The maximum absolute atomic E-state index is 12.3. The Morgan fingerprint density at radius 1 is 0.944 bits per heavy atom. The lowest BCUT2D eigenvalue weighted by molar-refractivity contribution is -0.118. The smallest absolute Gasteiger partial charge is 0.230 e. The van der Waals surface area contributed by atoms with Crippen molar-refractivity contribution in [2.45, 2.75) is 27.2 Å². The van der Waals surface area contributed by atoms with E-state index in [1.165, 1.54) is 0 Å². The molecule has 0 amide bonds. The van der Waals surface area contributed by atoms with Gasteiger partial charge >= 0.3 is 0 Å². The van der Waals surface area contributed by atoms with E-state index >= 15 is 0 Å². The topological polar surface area (TPSA) is 51.2 Å². The maximum atomic E-state index is 12.3. The van der Waals surface area contributed by atoms with Crippen molar-refractivity contribution < 1.29 is 14.4 Å². The number of fused-ring (bicyclic) bond motifs is 1. The number of Topliss-reactive ketones (excluding diaryl/α,β-unsaturated/α-hetero) is 3. The van der Waals surface area contributed by atoms with Crippen LogP contribution in [-0.2, 0) is 4.79 Å². The molecule has 1 unspecified atom stereocenters. The fourth-order valence-corrected chi connectivity index (χ4v) is 2.29. The van der Waals surface area contributed by atoms with E-state index in [4.69, 9.17) is 0 Å². The molecule has 0 aliphatic heterocycles. The summed E-state index contributed by atoms with van der Waals surface area (Å²) in [5.41, 5.74) is 0.469. The van der Waals surface area contributed by atoms with Gasteiger partial charge < -0.3 is 0 Å². The minimum atomic E-state index is -0.813. The lowest BCUT2D eigenvalue weighted by Crippen LogP contribution is -2.38. The van der Waals surface area contributed by atoms with Gasteiger partial charge in [-0.1, -0.05) is 45.0 Å². The van der Waals surface area contributed by atoms with Crippen LogP contribution in [0.5, 0.6) is 0 Å². The lowest BCUT2D eigenvalue weighted by Gasteiger charge is -2.27. The monoisotopic (exact) mass is 244 g/mol. The van der Waals surface area contributed by atoms with E-state index in [0.29, 0.717) is 12.0 Å². The first kappa shape index (κ1) is 12.7. The molecule has 0 saturated carbocycles. The van der Waals surface area contributed by atoms with E-state index in [-0.39, 0.29) is 16.8 Å². The molecule has 94 valence electrons. The summed E-state index contributed by atoms with van der Waals surface area (Å²) in [5.74, 6) is -2.12. The zero-order chi connectivity index (χ0) is 13.5. The van der Waals surface area contributed by atoms with Crippen LogP contribution in [0.3, 0.4) is 0 Å². The highest BCUT2D eigenvalue weighted by Crippen LogP contribution is 2.32. The Morgan fingerprint density at radius 3 is 2.06 bits per heavy atom. The molecule has 0 heterocycles. The molecule has 0 aromatic heterocycles. The Morgan fingerprint density at radius 2 is 1.50 bits per heavy atom. The highest BCUT2D eigenvalue weighted by molar-refractivity contribution is 6.51. The van der Waals surface area contributed by atoms with E-state index in [0.717, 1.165) is 0 Å². The van der Waals surface area contributed by atoms with Crippen LogP contribution in [0.2, 0.25) is 0 Å². The molecular formula is C15H16O3. The van der Waals surface area contributed by atoms with Crippen molar-refractivity contribution in [1.82, 2.24) is 0 Å². The van der Waals surface area contributed by atoms with Crippen molar-refractivity contribution in [3.05, 3.63) is 35.4 Å². The van der Waals surface area contributed by atoms with Crippen LogP contribution in [0.4, 0.5) is 0 Å². The maximum Gasteiger partial charge on any atom is 0.230 e. The highest BCUT2D eigenvalue weighted by atomic mass is 16.2. The van der Waals surface area contributed by atoms with Crippen molar-refractivity contribution >= 4 is 17.3 Å². The first-order valence-corrected chi connectivity index (χ1v) is 6.03. The fourth-order valence-electron chi connectivity index (χ4n) is 2.29. The number of ketones is 3. The summed E-state index contributed by atoms with van der Waals surface area (Å²) in [5, 5.41) is 0. The van der Waals surface area contributed by atoms with Crippen molar-refractivity contribution in [1.29, 1.82) is 0 Å². The van der Waals surface area contributed by atoms with Crippen molar-refractivity contribution in [3.8, 4) is 0 Å². The second kappa shape index (κ2) is 4.16. The molecule has 1 aliphatic rings. The molecule has 0 saturated heterocycles. The normalized spacial score (nSPS) is 19.9. The molecule has 3 heteroatoms. The average molecular weight is 244 g/mol. The molecule has 0 radical (unpaired) electrons. The molecule has 1 aliphatic carbocycles. The van der Waals surface area contributed by atoms with Crippen LogP contribution in [0.15, 0.2) is 24.3 Å². The standard InChI is InChI=1S/C15H16O3/c1-15(2,3)8-11-12(16)9-6-4-5-7-10(9)13(17)14(11)18/h4-7,11H,8H2,1-3H3. The van der Waals surface area contributed by atoms with Crippen molar-refractivity contribution in [2.24, 2.45) is 11.3 Å². The number of hydrogen-bond acceptors (Lipinski definition) is 3. The summed E-state index contributed by atoms with van der Waals surface area (Å²) in [6, 6.07) is 6.55. The molecule has 0 spiro atoms. The first-order chi connectivity index (χ1) is 8.31. The van der Waals surface area contributed by atoms with Crippen molar-refractivity contribution in [3.63, 3.8) is 0 Å². The van der Waals surface area contributed by atoms with Crippen molar-refractivity contribution in [2.75, 3.05) is 0 Å². The van der Waals surface area contributed by atoms with Gasteiger partial charge in [-0.3, -0.25) is 14.4 Å². The Hall–Kier alpha value is -1.77. The number of rotatable bonds is 1. The third-order valence-corrected chi connectivity index (χ3v) is 3.11. The van der Waals surface area contributed by atoms with E-state index < -0.39 is 17.5 Å². The first-order valence-electron chi connectivity index (χ1n) is 6.03. The number of benzene rings is 1. The zero-order valence-electron chi connectivity index (χ0n) is 10.8. The van der Waals surface area contributed by atoms with Gasteiger partial charge in [-0.2, -0.15) is 0 Å². The van der Waals surface area contributed by atoms with Gasteiger partial charge in [-0.25, -0.2) is 0 Å². The van der Waals surface area contributed by atoms with Crippen LogP contribution in [0.1, 0.15) is 47.9 Å². The molecular weight excluding hydrogens is 228 g/mol. The zero-order valence-corrected chi connectivity index (χ0v) is 10.8. The van der Waals surface area contributed by atoms with Gasteiger partial charge in [0, 0.05) is 11.1 Å². The summed E-state index contributed by atoms with van der Waals surface area (Å²) >= 11 is 0. The minimum Gasteiger partial charge on any atom is -0.293 e. The predicted molar refractivity (Wildman–Crippen MR) is 67.7 cm³/mol. The molecule has 0 bridgehead atoms. The van der Waals surface area contributed by atoms with E-state index in [1.54, 1.807) is 24.3 Å². The largest absolute Gasteiger partial charge is 0.293 e. The third kappa shape index (κ3) is 2.13. The fraction of sp³-hybridized carbons (Fsp3) is 0.400. The van der Waals surface area contributed by atoms with Gasteiger partial charge in [-0.05, 0) is 11.8 Å². The quantitative estimate of drug-likeness (QED) is 0.563. The Bertz CT molecular complexity index is 535. The lowest BCUT2D eigenvalue weighted by atomic mass is 9.73. The van der Waals surface area contributed by atoms with E-state index in [2.05, 4.69) is 0 Å². The molecule has 1 aromatic carbocycles. The molecule has 1 aromatic rings. The molecule has 18 heavy (non-hydrogen) atoms. The summed E-state index contributed by atoms with van der Waals surface area (Å²) in [4.78, 5) is 36.2. The summed E-state index contributed by atoms with van der Waals surface area (Å²) in [6.45, 7) is 5.87. The van der Waals surface area contributed by atoms with Crippen LogP contribution >= 0.6 is 0 Å². The number of carbonyl (C=O) groups is 3. The summed E-state index contributed by atoms with van der Waals surface area (Å²) in [6.07, 6.45) is 0.407. The van der Waals surface area contributed by atoms with Crippen LogP contribution < -0.4 is 0 Å². The minimum absolute atomic E-state index is 0.164. The van der Waals surface area contributed by atoms with E-state index in [1.807, 2.05) is 20.8 Å². The Balaban J connectivity index is 2.46. The van der Waals surface area contributed by atoms with Gasteiger partial charge in [0.05, 0.1) is 5.92 Å². The second-order valence-corrected chi connectivity index (χ2v) is 5.92.